The van der Waals surface area contributed by atoms with Gasteiger partial charge >= 0.3 is 0 Å². The molecule has 0 saturated carbocycles. The molecule has 2 aromatic rings. The van der Waals surface area contributed by atoms with Crippen molar-refractivity contribution in [3.05, 3.63) is 29.3 Å². The summed E-state index contributed by atoms with van der Waals surface area (Å²) in [5, 5.41) is 12.4. The smallest absolute Gasteiger partial charge is 0.261 e. The van der Waals surface area contributed by atoms with Gasteiger partial charge in [0.1, 0.15) is 0 Å². The van der Waals surface area contributed by atoms with E-state index in [1.165, 1.54) is 18.8 Å². The third-order valence-corrected chi connectivity index (χ3v) is 7.85. The van der Waals surface area contributed by atoms with E-state index in [9.17, 15) is 14.4 Å². The van der Waals surface area contributed by atoms with Crippen LogP contribution in [-0.4, -0.2) is 76.0 Å². The van der Waals surface area contributed by atoms with Crippen molar-refractivity contribution in [3.8, 4) is 0 Å². The maximum Gasteiger partial charge on any atom is 0.261 e. The Bertz CT molecular complexity index is 1140. The standard InChI is InChI=1S/C24H30N6O4S/c1-15-7-9-29(10-8-15)23-26-27-24(30(23)13-17-4-3-11-34-17)35-14-20(31)25-16-5-6-18-19(12-16)22(33)28(2)21(18)32/h5-6,12,15,17H,3-4,7-11,13-14H2,1-2H3,(H,25,31). The second-order valence-corrected chi connectivity index (χ2v) is 10.4. The number of anilines is 2. The first-order valence-electron chi connectivity index (χ1n) is 12.1. The first-order chi connectivity index (χ1) is 16.9. The fourth-order valence-electron chi connectivity index (χ4n) is 4.75. The second kappa shape index (κ2) is 9.98. The van der Waals surface area contributed by atoms with Crippen LogP contribution in [0.3, 0.4) is 0 Å². The van der Waals surface area contributed by atoms with Crippen LogP contribution in [-0.2, 0) is 16.1 Å². The normalized spacial score (nSPS) is 20.6. The molecule has 1 N–H and O–H groups in total. The predicted molar refractivity (Wildman–Crippen MR) is 132 cm³/mol. The average molecular weight is 499 g/mol. The third kappa shape index (κ3) is 4.92. The van der Waals surface area contributed by atoms with Gasteiger partial charge in [0.05, 0.1) is 29.5 Å². The van der Waals surface area contributed by atoms with Crippen LogP contribution in [0.15, 0.2) is 23.4 Å². The van der Waals surface area contributed by atoms with Crippen LogP contribution in [0, 0.1) is 5.92 Å². The van der Waals surface area contributed by atoms with Crippen molar-refractivity contribution in [1.82, 2.24) is 19.7 Å². The van der Waals surface area contributed by atoms with Crippen molar-refractivity contribution in [1.29, 1.82) is 0 Å². The van der Waals surface area contributed by atoms with Crippen LogP contribution in [0.2, 0.25) is 0 Å². The first-order valence-corrected chi connectivity index (χ1v) is 13.1. The molecule has 35 heavy (non-hydrogen) atoms. The highest BCUT2D eigenvalue weighted by atomic mass is 32.2. The van der Waals surface area contributed by atoms with E-state index in [1.807, 2.05) is 0 Å². The minimum Gasteiger partial charge on any atom is -0.376 e. The van der Waals surface area contributed by atoms with E-state index < -0.39 is 0 Å². The Morgan fingerprint density at radius 2 is 1.91 bits per heavy atom. The van der Waals surface area contributed by atoms with E-state index >= 15 is 0 Å². The predicted octanol–water partition coefficient (Wildman–Crippen LogP) is 2.65. The molecule has 1 aromatic heterocycles. The number of aromatic nitrogens is 3. The number of hydrogen-bond donors (Lipinski definition) is 1. The molecule has 0 aliphatic carbocycles. The molecular weight excluding hydrogens is 468 g/mol. The van der Waals surface area contributed by atoms with Gasteiger partial charge in [-0.15, -0.1) is 10.2 Å². The van der Waals surface area contributed by atoms with Gasteiger partial charge in [-0.05, 0) is 49.8 Å². The summed E-state index contributed by atoms with van der Waals surface area (Å²) in [6.07, 6.45) is 4.45. The van der Waals surface area contributed by atoms with Crippen LogP contribution in [0.25, 0.3) is 0 Å². The molecule has 0 bridgehead atoms. The Balaban J connectivity index is 1.26. The number of benzene rings is 1. The molecule has 4 heterocycles. The number of fused-ring (bicyclic) bond motifs is 1. The largest absolute Gasteiger partial charge is 0.376 e. The molecule has 2 fully saturated rings. The Kier molecular flexibility index (Phi) is 6.79. The van der Waals surface area contributed by atoms with Gasteiger partial charge in [-0.3, -0.25) is 23.9 Å². The molecule has 0 spiro atoms. The van der Waals surface area contributed by atoms with Gasteiger partial charge < -0.3 is 15.0 Å². The van der Waals surface area contributed by atoms with Gasteiger partial charge in [0.15, 0.2) is 5.16 Å². The summed E-state index contributed by atoms with van der Waals surface area (Å²) < 4.78 is 7.96. The van der Waals surface area contributed by atoms with E-state index in [4.69, 9.17) is 4.74 Å². The Labute approximate surface area is 208 Å². The molecular formula is C24H30N6O4S. The molecule has 10 nitrogen and oxygen atoms in total. The molecule has 0 radical (unpaired) electrons. The van der Waals surface area contributed by atoms with Crippen molar-refractivity contribution >= 4 is 41.1 Å². The van der Waals surface area contributed by atoms with Crippen molar-refractivity contribution in [2.24, 2.45) is 5.92 Å². The van der Waals surface area contributed by atoms with Gasteiger partial charge in [0, 0.05) is 32.4 Å². The lowest BCUT2D eigenvalue weighted by Gasteiger charge is -2.31. The zero-order valence-electron chi connectivity index (χ0n) is 20.0. The molecule has 3 aliphatic heterocycles. The number of ether oxygens (including phenoxy) is 1. The van der Waals surface area contributed by atoms with Crippen molar-refractivity contribution < 1.29 is 19.1 Å². The van der Waals surface area contributed by atoms with Gasteiger partial charge in [-0.2, -0.15) is 0 Å². The second-order valence-electron chi connectivity index (χ2n) is 9.46. The van der Waals surface area contributed by atoms with Crippen molar-refractivity contribution in [2.45, 2.75) is 50.4 Å². The third-order valence-electron chi connectivity index (χ3n) is 6.88. The average Bonchev–Trinajstić information content (AvgIpc) is 3.56. The minimum atomic E-state index is -0.364. The van der Waals surface area contributed by atoms with Crippen LogP contribution < -0.4 is 10.2 Å². The molecule has 2 saturated heterocycles. The number of thioether (sulfide) groups is 1. The summed E-state index contributed by atoms with van der Waals surface area (Å²) >= 11 is 1.34. The summed E-state index contributed by atoms with van der Waals surface area (Å²) in [6, 6.07) is 4.77. The summed E-state index contributed by atoms with van der Waals surface area (Å²) in [5.74, 6) is 0.790. The molecule has 186 valence electrons. The lowest BCUT2D eigenvalue weighted by atomic mass is 10.00. The number of piperidine rings is 1. The summed E-state index contributed by atoms with van der Waals surface area (Å²) in [5.41, 5.74) is 1.14. The Morgan fingerprint density at radius 3 is 2.66 bits per heavy atom. The van der Waals surface area contributed by atoms with E-state index in [2.05, 4.69) is 31.9 Å². The fraction of sp³-hybridized carbons (Fsp3) is 0.542. The van der Waals surface area contributed by atoms with Crippen LogP contribution in [0.5, 0.6) is 0 Å². The number of hydrogen-bond acceptors (Lipinski definition) is 8. The molecule has 3 amide bonds. The van der Waals surface area contributed by atoms with E-state index in [0.717, 1.165) is 56.2 Å². The summed E-state index contributed by atoms with van der Waals surface area (Å²) in [6.45, 7) is 5.63. The first kappa shape index (κ1) is 23.8. The summed E-state index contributed by atoms with van der Waals surface area (Å²) in [4.78, 5) is 40.4. The van der Waals surface area contributed by atoms with Crippen LogP contribution in [0.1, 0.15) is 53.3 Å². The molecule has 1 atom stereocenters. The maximum atomic E-state index is 12.7. The zero-order chi connectivity index (χ0) is 24.5. The van der Waals surface area contributed by atoms with Gasteiger partial charge in [0.2, 0.25) is 11.9 Å². The number of carbonyl (C=O) groups is 3. The van der Waals surface area contributed by atoms with Gasteiger partial charge in [0.25, 0.3) is 11.8 Å². The van der Waals surface area contributed by atoms with Crippen molar-refractivity contribution in [2.75, 3.05) is 42.7 Å². The highest BCUT2D eigenvalue weighted by Gasteiger charge is 2.33. The number of carbonyl (C=O) groups excluding carboxylic acids is 3. The number of nitrogens with one attached hydrogen (secondary N) is 1. The highest BCUT2D eigenvalue weighted by Crippen LogP contribution is 2.29. The van der Waals surface area contributed by atoms with Crippen LogP contribution in [0.4, 0.5) is 11.6 Å². The number of nitrogens with zero attached hydrogens (tertiary/aromatic N) is 5. The lowest BCUT2D eigenvalue weighted by molar-refractivity contribution is -0.113. The maximum absolute atomic E-state index is 12.7. The summed E-state index contributed by atoms with van der Waals surface area (Å²) in [7, 11) is 1.45. The lowest BCUT2D eigenvalue weighted by Crippen LogP contribution is -2.35. The van der Waals surface area contributed by atoms with Crippen LogP contribution >= 0.6 is 11.8 Å². The molecule has 5 rings (SSSR count). The highest BCUT2D eigenvalue weighted by molar-refractivity contribution is 7.99. The molecule has 1 aromatic carbocycles. The quantitative estimate of drug-likeness (QED) is 0.458. The number of imide groups is 1. The molecule has 11 heteroatoms. The van der Waals surface area contributed by atoms with Crippen molar-refractivity contribution in [3.63, 3.8) is 0 Å². The van der Waals surface area contributed by atoms with Gasteiger partial charge in [-0.25, -0.2) is 0 Å². The minimum absolute atomic E-state index is 0.131. The molecule has 3 aliphatic rings. The zero-order valence-corrected chi connectivity index (χ0v) is 20.8. The van der Waals surface area contributed by atoms with E-state index in [1.54, 1.807) is 18.2 Å². The van der Waals surface area contributed by atoms with Gasteiger partial charge in [-0.1, -0.05) is 18.7 Å². The topological polar surface area (TPSA) is 110 Å². The fourth-order valence-corrected chi connectivity index (χ4v) is 5.49. The number of amides is 3. The Hall–Kier alpha value is -2.92. The van der Waals surface area contributed by atoms with E-state index in [-0.39, 0.29) is 29.6 Å². The Morgan fingerprint density at radius 1 is 1.14 bits per heavy atom. The SMILES string of the molecule is CC1CCN(c2nnc(SCC(=O)Nc3ccc4c(c3)C(=O)N(C)C4=O)n2CC2CCCO2)CC1. The molecule has 1 unspecified atom stereocenters. The monoisotopic (exact) mass is 498 g/mol. The number of rotatable bonds is 7. The van der Waals surface area contributed by atoms with E-state index in [0.29, 0.717) is 34.4 Å².